The van der Waals surface area contributed by atoms with E-state index in [1.165, 1.54) is 7.11 Å². The quantitative estimate of drug-likeness (QED) is 0.137. The number of fused-ring (bicyclic) bond motifs is 2. The molecule has 9 nitrogen and oxygen atoms in total. The topological polar surface area (TPSA) is 119 Å². The molecule has 0 radical (unpaired) electrons. The minimum absolute atomic E-state index is 0. The smallest absolute Gasteiger partial charge is 0.328 e. The molecule has 0 spiro atoms. The molecule has 0 aliphatic carbocycles. The van der Waals surface area contributed by atoms with Crippen molar-refractivity contribution < 1.29 is 28.5 Å². The third-order valence-corrected chi connectivity index (χ3v) is 10.1. The Morgan fingerprint density at radius 3 is 2.26 bits per heavy atom. The number of carbonyl (C=O) groups is 2. The van der Waals surface area contributed by atoms with Crippen LogP contribution in [0.3, 0.4) is 0 Å². The SMILES string of the molecule is COC(=O)[C@H](Cc1ccc(-c2ccc(C#N)cc2)cc1)NC(=O)[C@@H]1Cc2cc3c(cc2CN1)O[C@@H](c1ccc(OCc2ccc(Cl)c(Cl)c2)cc1)CO3.Cl. The van der Waals surface area contributed by atoms with Crippen LogP contribution in [0.2, 0.25) is 10.0 Å². The molecule has 0 saturated heterocycles. The van der Waals surface area contributed by atoms with Crippen molar-refractivity contribution in [2.45, 2.75) is 44.2 Å². The molecular weight excluding hydrogens is 749 g/mol. The van der Waals surface area contributed by atoms with Gasteiger partial charge in [0.1, 0.15) is 25.0 Å². The summed E-state index contributed by atoms with van der Waals surface area (Å²) in [6.45, 7) is 1.13. The summed E-state index contributed by atoms with van der Waals surface area (Å²) in [5, 5.41) is 16.3. The molecule has 12 heteroatoms. The first-order valence-electron chi connectivity index (χ1n) is 17.1. The number of rotatable bonds is 10. The summed E-state index contributed by atoms with van der Waals surface area (Å²) in [5.41, 5.74) is 7.27. The van der Waals surface area contributed by atoms with Crippen molar-refractivity contribution >= 4 is 47.5 Å². The van der Waals surface area contributed by atoms with Crippen LogP contribution in [0.25, 0.3) is 11.1 Å². The van der Waals surface area contributed by atoms with Gasteiger partial charge in [-0.05, 0) is 93.9 Å². The zero-order chi connectivity index (χ0) is 36.9. The summed E-state index contributed by atoms with van der Waals surface area (Å²) in [6, 6.07) is 32.8. The van der Waals surface area contributed by atoms with Crippen molar-refractivity contribution in [3.05, 3.63) is 147 Å². The Morgan fingerprint density at radius 2 is 1.57 bits per heavy atom. The zero-order valence-electron chi connectivity index (χ0n) is 29.1. The van der Waals surface area contributed by atoms with E-state index in [-0.39, 0.29) is 30.8 Å². The van der Waals surface area contributed by atoms with E-state index in [0.29, 0.717) is 59.0 Å². The summed E-state index contributed by atoms with van der Waals surface area (Å²) in [7, 11) is 1.31. The summed E-state index contributed by atoms with van der Waals surface area (Å²) in [6.07, 6.45) is 0.379. The van der Waals surface area contributed by atoms with Crippen LogP contribution < -0.4 is 24.8 Å². The first-order valence-corrected chi connectivity index (χ1v) is 17.8. The van der Waals surface area contributed by atoms with Crippen LogP contribution in [0.5, 0.6) is 17.2 Å². The second-order valence-electron chi connectivity index (χ2n) is 12.9. The number of carbonyl (C=O) groups excluding carboxylic acids is 2. The minimum atomic E-state index is -0.864. The maximum Gasteiger partial charge on any atom is 0.328 e. The fourth-order valence-corrected chi connectivity index (χ4v) is 6.74. The standard InChI is InChI=1S/C42H35Cl2N3O6.ClH/c1-50-42(49)37(17-25-2-7-28(8-3-25)29-9-4-26(21-45)5-10-29)47-41(48)36-18-31-19-38-39(20-32(31)22-46-36)53-40(24-52-38)30-11-13-33(14-12-30)51-23-27-6-15-34(43)35(44)16-27;/h2-16,19-20,36-37,40,46H,17-18,22-24H2,1H3,(H,47,48);1H/t36-,37-,40+;/m0./s1. The number of amides is 1. The summed E-state index contributed by atoms with van der Waals surface area (Å²) in [4.78, 5) is 26.3. The number of ether oxygens (including phenoxy) is 4. The third-order valence-electron chi connectivity index (χ3n) is 9.39. The molecule has 1 amide bonds. The van der Waals surface area contributed by atoms with Gasteiger partial charge in [0.25, 0.3) is 0 Å². The van der Waals surface area contributed by atoms with E-state index in [1.54, 1.807) is 24.3 Å². The Hall–Kier alpha value is -5.24. The van der Waals surface area contributed by atoms with Crippen molar-refractivity contribution in [1.82, 2.24) is 10.6 Å². The molecule has 2 N–H and O–H groups in total. The van der Waals surface area contributed by atoms with E-state index in [0.717, 1.165) is 38.9 Å². The van der Waals surface area contributed by atoms with Gasteiger partial charge in [0.15, 0.2) is 17.6 Å². The van der Waals surface area contributed by atoms with E-state index in [1.807, 2.05) is 78.9 Å². The fraction of sp³-hybridized carbons (Fsp3) is 0.214. The number of nitrogens with one attached hydrogen (secondary N) is 2. The number of hydrogen-bond donors (Lipinski definition) is 2. The van der Waals surface area contributed by atoms with Gasteiger partial charge in [-0.15, -0.1) is 12.4 Å². The number of hydrogen-bond acceptors (Lipinski definition) is 8. The molecule has 0 fully saturated rings. The molecule has 7 rings (SSSR count). The lowest BCUT2D eigenvalue weighted by Gasteiger charge is -2.31. The Labute approximate surface area is 329 Å². The monoisotopic (exact) mass is 783 g/mol. The molecule has 0 saturated carbocycles. The molecule has 2 aliphatic rings. The van der Waals surface area contributed by atoms with E-state index < -0.39 is 18.1 Å². The molecule has 276 valence electrons. The molecule has 0 aromatic heterocycles. The van der Waals surface area contributed by atoms with Crippen molar-refractivity contribution in [2.24, 2.45) is 0 Å². The molecule has 2 heterocycles. The van der Waals surface area contributed by atoms with Crippen LogP contribution in [0, 0.1) is 11.3 Å². The van der Waals surface area contributed by atoms with Crippen LogP contribution in [-0.4, -0.2) is 37.7 Å². The first kappa shape index (κ1) is 38.5. The van der Waals surface area contributed by atoms with Crippen LogP contribution >= 0.6 is 35.6 Å². The average Bonchev–Trinajstić information content (AvgIpc) is 3.20. The fourth-order valence-electron chi connectivity index (χ4n) is 6.42. The van der Waals surface area contributed by atoms with Crippen molar-refractivity contribution in [2.75, 3.05) is 13.7 Å². The molecule has 0 bridgehead atoms. The summed E-state index contributed by atoms with van der Waals surface area (Å²) < 4.78 is 23.5. The van der Waals surface area contributed by atoms with Crippen LogP contribution in [0.1, 0.15) is 39.5 Å². The largest absolute Gasteiger partial charge is 0.489 e. The molecule has 2 aliphatic heterocycles. The maximum atomic E-state index is 13.5. The van der Waals surface area contributed by atoms with E-state index in [2.05, 4.69) is 16.7 Å². The maximum absolute atomic E-state index is 13.5. The Balaban J connectivity index is 0.00000497. The lowest BCUT2D eigenvalue weighted by molar-refractivity contribution is -0.145. The van der Waals surface area contributed by atoms with Gasteiger partial charge in [0, 0.05) is 13.0 Å². The van der Waals surface area contributed by atoms with Crippen molar-refractivity contribution in [3.8, 4) is 34.4 Å². The Kier molecular flexibility index (Phi) is 12.3. The van der Waals surface area contributed by atoms with Crippen LogP contribution in [0.15, 0.2) is 103 Å². The number of benzene rings is 5. The van der Waals surface area contributed by atoms with Crippen molar-refractivity contribution in [1.29, 1.82) is 5.26 Å². The number of esters is 1. The van der Waals surface area contributed by atoms with Crippen LogP contribution in [-0.2, 0) is 40.3 Å². The molecular formula is C42H36Cl3N3O6. The highest BCUT2D eigenvalue weighted by molar-refractivity contribution is 6.42. The van der Waals surface area contributed by atoms with Crippen LogP contribution in [0.4, 0.5) is 0 Å². The van der Waals surface area contributed by atoms with E-state index in [4.69, 9.17) is 47.4 Å². The lowest BCUT2D eigenvalue weighted by atomic mass is 9.94. The van der Waals surface area contributed by atoms with Gasteiger partial charge in [0.2, 0.25) is 5.91 Å². The number of halogens is 3. The minimum Gasteiger partial charge on any atom is -0.489 e. The van der Waals surface area contributed by atoms with Crippen molar-refractivity contribution in [3.63, 3.8) is 0 Å². The number of nitrogens with zero attached hydrogens (tertiary/aromatic N) is 1. The lowest BCUT2D eigenvalue weighted by Crippen LogP contribution is -2.53. The second-order valence-corrected chi connectivity index (χ2v) is 13.7. The molecule has 0 unspecified atom stereocenters. The van der Waals surface area contributed by atoms with Gasteiger partial charge in [-0.2, -0.15) is 5.26 Å². The Morgan fingerprint density at radius 1 is 0.889 bits per heavy atom. The van der Waals surface area contributed by atoms with Gasteiger partial charge in [0.05, 0.1) is 34.8 Å². The van der Waals surface area contributed by atoms with E-state index >= 15 is 0 Å². The van der Waals surface area contributed by atoms with Gasteiger partial charge in [-0.3, -0.25) is 4.79 Å². The molecule has 54 heavy (non-hydrogen) atoms. The van der Waals surface area contributed by atoms with Gasteiger partial charge in [-0.1, -0.05) is 77.8 Å². The normalized spacial score (nSPS) is 16.1. The molecule has 5 aromatic carbocycles. The second kappa shape index (κ2) is 17.3. The van der Waals surface area contributed by atoms with Gasteiger partial charge in [-0.25, -0.2) is 4.79 Å². The predicted molar refractivity (Wildman–Crippen MR) is 208 cm³/mol. The number of methoxy groups -OCH3 is 1. The summed E-state index contributed by atoms with van der Waals surface area (Å²) in [5.74, 6) is 1.16. The summed E-state index contributed by atoms with van der Waals surface area (Å²) >= 11 is 12.1. The van der Waals surface area contributed by atoms with E-state index in [9.17, 15) is 9.59 Å². The predicted octanol–water partition coefficient (Wildman–Crippen LogP) is 7.96. The third kappa shape index (κ3) is 8.92. The highest BCUT2D eigenvalue weighted by atomic mass is 35.5. The highest BCUT2D eigenvalue weighted by Gasteiger charge is 2.31. The average molecular weight is 785 g/mol. The molecule has 3 atom stereocenters. The first-order chi connectivity index (χ1) is 25.8. The zero-order valence-corrected chi connectivity index (χ0v) is 31.5. The Bertz CT molecular complexity index is 2170. The number of nitriles is 1. The highest BCUT2D eigenvalue weighted by Crippen LogP contribution is 2.40. The van der Waals surface area contributed by atoms with Gasteiger partial charge < -0.3 is 29.6 Å². The van der Waals surface area contributed by atoms with Gasteiger partial charge >= 0.3 is 5.97 Å². The molecule has 5 aromatic rings.